The molecule has 26 heavy (non-hydrogen) atoms. The lowest BCUT2D eigenvalue weighted by atomic mass is 9.85. The summed E-state index contributed by atoms with van der Waals surface area (Å²) in [6, 6.07) is -0.211. The molecule has 0 saturated heterocycles. The molecule has 1 atom stereocenters. The lowest BCUT2D eigenvalue weighted by molar-refractivity contribution is 0.187. The molecule has 1 aliphatic carbocycles. The van der Waals surface area contributed by atoms with Crippen LogP contribution in [0.15, 0.2) is 17.2 Å². The Balaban J connectivity index is 1.37. The predicted octanol–water partition coefficient (Wildman–Crippen LogP) is 1.54. The van der Waals surface area contributed by atoms with E-state index in [1.807, 2.05) is 24.0 Å². The summed E-state index contributed by atoms with van der Waals surface area (Å²) in [6.45, 7) is 3.95. The number of carbonyl (C=O) groups is 1. The van der Waals surface area contributed by atoms with Crippen molar-refractivity contribution in [1.29, 1.82) is 0 Å². The fourth-order valence-corrected chi connectivity index (χ4v) is 3.76. The molecular formula is C18H26N6O2. The van der Waals surface area contributed by atoms with Crippen molar-refractivity contribution in [2.24, 2.45) is 13.0 Å². The highest BCUT2D eigenvalue weighted by molar-refractivity contribution is 5.75. The van der Waals surface area contributed by atoms with Gasteiger partial charge in [-0.1, -0.05) is 6.42 Å². The lowest BCUT2D eigenvalue weighted by Crippen LogP contribution is -2.44. The van der Waals surface area contributed by atoms with Gasteiger partial charge in [0, 0.05) is 37.5 Å². The SMILES string of the molecule is CC(NC(=O)N1CCc2c(n(C)[nH]c2=O)C1)c1cnn(CC2CCC2)c1. The molecule has 140 valence electrons. The zero-order valence-corrected chi connectivity index (χ0v) is 15.4. The molecule has 0 radical (unpaired) electrons. The summed E-state index contributed by atoms with van der Waals surface area (Å²) in [5.74, 6) is 0.753. The minimum absolute atomic E-state index is 0.0465. The van der Waals surface area contributed by atoms with Crippen molar-refractivity contribution in [3.05, 3.63) is 39.6 Å². The van der Waals surface area contributed by atoms with E-state index in [0.717, 1.165) is 29.3 Å². The molecule has 8 heteroatoms. The van der Waals surface area contributed by atoms with E-state index in [0.29, 0.717) is 19.5 Å². The number of amides is 2. The Hall–Kier alpha value is -2.51. The van der Waals surface area contributed by atoms with E-state index in [1.54, 1.807) is 16.6 Å². The van der Waals surface area contributed by atoms with Gasteiger partial charge in [0.15, 0.2) is 0 Å². The van der Waals surface area contributed by atoms with Crippen molar-refractivity contribution in [2.45, 2.75) is 51.7 Å². The Morgan fingerprint density at radius 3 is 3.00 bits per heavy atom. The first-order chi connectivity index (χ1) is 12.5. The Morgan fingerprint density at radius 2 is 2.27 bits per heavy atom. The fourth-order valence-electron chi connectivity index (χ4n) is 3.76. The van der Waals surface area contributed by atoms with Gasteiger partial charge >= 0.3 is 6.03 Å². The van der Waals surface area contributed by atoms with Crippen molar-refractivity contribution in [3.8, 4) is 0 Å². The number of urea groups is 1. The van der Waals surface area contributed by atoms with Gasteiger partial charge in [-0.3, -0.25) is 19.3 Å². The van der Waals surface area contributed by atoms with Crippen molar-refractivity contribution >= 4 is 6.03 Å². The second-order valence-electron chi connectivity index (χ2n) is 7.56. The summed E-state index contributed by atoms with van der Waals surface area (Å²) in [4.78, 5) is 26.2. The fraction of sp³-hybridized carbons (Fsp3) is 0.611. The Morgan fingerprint density at radius 1 is 1.46 bits per heavy atom. The van der Waals surface area contributed by atoms with Crippen molar-refractivity contribution in [1.82, 2.24) is 29.8 Å². The summed E-state index contributed by atoms with van der Waals surface area (Å²) in [5, 5.41) is 10.2. The molecular weight excluding hydrogens is 332 g/mol. The van der Waals surface area contributed by atoms with E-state index < -0.39 is 0 Å². The summed E-state index contributed by atoms with van der Waals surface area (Å²) >= 11 is 0. The lowest BCUT2D eigenvalue weighted by Gasteiger charge is -2.28. The summed E-state index contributed by atoms with van der Waals surface area (Å²) in [5.41, 5.74) is 2.65. The summed E-state index contributed by atoms with van der Waals surface area (Å²) in [7, 11) is 1.81. The van der Waals surface area contributed by atoms with Crippen LogP contribution in [0.5, 0.6) is 0 Å². The van der Waals surface area contributed by atoms with Crippen molar-refractivity contribution in [2.75, 3.05) is 6.54 Å². The number of aromatic nitrogens is 4. The van der Waals surface area contributed by atoms with E-state index in [2.05, 4.69) is 15.5 Å². The van der Waals surface area contributed by atoms with Crippen LogP contribution in [0.2, 0.25) is 0 Å². The molecule has 1 aliphatic heterocycles. The first-order valence-electron chi connectivity index (χ1n) is 9.36. The third-order valence-electron chi connectivity index (χ3n) is 5.72. The van der Waals surface area contributed by atoms with Crippen LogP contribution in [0.1, 0.15) is 49.0 Å². The molecule has 2 aromatic rings. The molecule has 8 nitrogen and oxygen atoms in total. The van der Waals surface area contributed by atoms with Crippen LogP contribution in [-0.2, 0) is 26.6 Å². The number of nitrogens with one attached hydrogen (secondary N) is 2. The number of hydrogen-bond donors (Lipinski definition) is 2. The largest absolute Gasteiger partial charge is 0.331 e. The average Bonchev–Trinajstić information content (AvgIpc) is 3.16. The van der Waals surface area contributed by atoms with Gasteiger partial charge in [0.05, 0.1) is 24.5 Å². The number of nitrogens with zero attached hydrogens (tertiary/aromatic N) is 4. The van der Waals surface area contributed by atoms with Crippen LogP contribution >= 0.6 is 0 Å². The molecule has 1 saturated carbocycles. The number of H-pyrrole nitrogens is 1. The highest BCUT2D eigenvalue weighted by Crippen LogP contribution is 2.28. The summed E-state index contributed by atoms with van der Waals surface area (Å²) < 4.78 is 3.70. The van der Waals surface area contributed by atoms with Gasteiger partial charge in [0.1, 0.15) is 0 Å². The molecule has 4 rings (SSSR count). The first-order valence-corrected chi connectivity index (χ1v) is 9.36. The van der Waals surface area contributed by atoms with E-state index in [9.17, 15) is 9.59 Å². The van der Waals surface area contributed by atoms with E-state index >= 15 is 0 Å². The normalized spacial score (nSPS) is 18.3. The number of aromatic amines is 1. The van der Waals surface area contributed by atoms with Gasteiger partial charge in [-0.2, -0.15) is 5.10 Å². The van der Waals surface area contributed by atoms with E-state index in [4.69, 9.17) is 0 Å². The number of hydrogen-bond acceptors (Lipinski definition) is 3. The maximum Gasteiger partial charge on any atom is 0.318 e. The van der Waals surface area contributed by atoms with Gasteiger partial charge in [-0.15, -0.1) is 0 Å². The quantitative estimate of drug-likeness (QED) is 0.869. The van der Waals surface area contributed by atoms with E-state index in [1.165, 1.54) is 19.3 Å². The average molecular weight is 358 g/mol. The molecule has 2 aromatic heterocycles. The monoisotopic (exact) mass is 358 g/mol. The number of carbonyl (C=O) groups excluding carboxylic acids is 1. The first kappa shape index (κ1) is 16.9. The minimum Gasteiger partial charge on any atom is -0.331 e. The predicted molar refractivity (Wildman–Crippen MR) is 96.7 cm³/mol. The smallest absolute Gasteiger partial charge is 0.318 e. The van der Waals surface area contributed by atoms with Crippen LogP contribution in [0, 0.1) is 5.92 Å². The highest BCUT2D eigenvalue weighted by atomic mass is 16.2. The van der Waals surface area contributed by atoms with Crippen LogP contribution in [0.25, 0.3) is 0 Å². The van der Waals surface area contributed by atoms with E-state index in [-0.39, 0.29) is 17.6 Å². The minimum atomic E-state index is -0.108. The number of aryl methyl sites for hydroxylation is 1. The molecule has 0 bridgehead atoms. The molecule has 1 fully saturated rings. The Bertz CT molecular complexity index is 859. The van der Waals surface area contributed by atoms with Crippen LogP contribution in [0.4, 0.5) is 4.79 Å². The molecule has 0 spiro atoms. The van der Waals surface area contributed by atoms with Crippen molar-refractivity contribution in [3.63, 3.8) is 0 Å². The molecule has 2 aliphatic rings. The van der Waals surface area contributed by atoms with Gasteiger partial charge in [0.25, 0.3) is 5.56 Å². The Labute approximate surface area is 152 Å². The topological polar surface area (TPSA) is 87.9 Å². The van der Waals surface area contributed by atoms with Gasteiger partial charge in [-0.25, -0.2) is 4.79 Å². The number of fused-ring (bicyclic) bond motifs is 1. The number of rotatable bonds is 4. The van der Waals surface area contributed by atoms with Gasteiger partial charge in [0.2, 0.25) is 0 Å². The molecule has 2 N–H and O–H groups in total. The zero-order valence-electron chi connectivity index (χ0n) is 15.4. The second-order valence-corrected chi connectivity index (χ2v) is 7.56. The maximum atomic E-state index is 12.6. The molecule has 3 heterocycles. The van der Waals surface area contributed by atoms with Crippen LogP contribution < -0.4 is 10.9 Å². The van der Waals surface area contributed by atoms with Crippen LogP contribution in [-0.4, -0.2) is 37.0 Å². The standard InChI is InChI=1S/C18H26N6O2/c1-12(14-8-19-24(10-14)9-13-4-3-5-13)20-18(26)23-7-6-15-16(11-23)22(2)21-17(15)25/h8,10,12-13H,3-7,9,11H2,1-2H3,(H,20,26)(H,21,25). The summed E-state index contributed by atoms with van der Waals surface area (Å²) in [6.07, 6.45) is 8.38. The second kappa shape index (κ2) is 6.66. The van der Waals surface area contributed by atoms with Crippen LogP contribution in [0.3, 0.4) is 0 Å². The third kappa shape index (κ3) is 3.15. The van der Waals surface area contributed by atoms with Crippen molar-refractivity contribution < 1.29 is 4.79 Å². The maximum absolute atomic E-state index is 12.6. The molecule has 0 aromatic carbocycles. The molecule has 1 unspecified atom stereocenters. The highest BCUT2D eigenvalue weighted by Gasteiger charge is 2.26. The van der Waals surface area contributed by atoms with Gasteiger partial charge in [-0.05, 0) is 32.1 Å². The van der Waals surface area contributed by atoms with Gasteiger partial charge < -0.3 is 10.2 Å². The third-order valence-corrected chi connectivity index (χ3v) is 5.72. The Kier molecular flexibility index (Phi) is 4.34. The molecule has 2 amide bonds. The zero-order chi connectivity index (χ0) is 18.3.